The fourth-order valence-electron chi connectivity index (χ4n) is 4.07. The number of nitriles is 1. The van der Waals surface area contributed by atoms with E-state index in [0.29, 0.717) is 12.5 Å². The summed E-state index contributed by atoms with van der Waals surface area (Å²) in [5, 5.41) is 8.97. The Hall–Kier alpha value is -1.97. The zero-order valence-electron chi connectivity index (χ0n) is 14.7. The van der Waals surface area contributed by atoms with Crippen LogP contribution in [0.3, 0.4) is 0 Å². The van der Waals surface area contributed by atoms with Crippen molar-refractivity contribution in [2.24, 2.45) is 5.41 Å². The van der Waals surface area contributed by atoms with Gasteiger partial charge in [0.2, 0.25) is 0 Å². The van der Waals surface area contributed by atoms with Crippen LogP contribution in [0.5, 0.6) is 5.75 Å². The van der Waals surface area contributed by atoms with Crippen LogP contribution < -0.4 is 4.74 Å². The summed E-state index contributed by atoms with van der Waals surface area (Å²) >= 11 is 0. The van der Waals surface area contributed by atoms with Crippen molar-refractivity contribution in [3.8, 4) is 24.2 Å². The summed E-state index contributed by atoms with van der Waals surface area (Å²) in [7, 11) is 0. The molecule has 3 heteroatoms. The van der Waals surface area contributed by atoms with E-state index < -0.39 is 0 Å². The normalized spacial score (nSPS) is 29.1. The smallest absolute Gasteiger partial charge is 0.131 e. The standard InChI is InChI=1S/C21H26N2O/c1-4-17-5-7-19(8-6-17)24-21(3)15-23(16-21)18-9-11-20(2,12-10-18)13-14-22/h1,5-8,18H,9-13,15-16H2,2-3H3. The summed E-state index contributed by atoms with van der Waals surface area (Å²) in [4.78, 5) is 2.54. The van der Waals surface area contributed by atoms with Crippen LogP contribution in [0.15, 0.2) is 24.3 Å². The Morgan fingerprint density at radius 1 is 1.21 bits per heavy atom. The molecule has 0 bridgehead atoms. The predicted molar refractivity (Wildman–Crippen MR) is 95.6 cm³/mol. The summed E-state index contributed by atoms with van der Waals surface area (Å²) in [6, 6.07) is 10.8. The molecule has 0 atom stereocenters. The number of benzene rings is 1. The van der Waals surface area contributed by atoms with Crippen LogP contribution in [0, 0.1) is 29.1 Å². The molecule has 1 heterocycles. The first-order valence-electron chi connectivity index (χ1n) is 8.82. The van der Waals surface area contributed by atoms with Crippen LogP contribution in [-0.2, 0) is 0 Å². The van der Waals surface area contributed by atoms with Gasteiger partial charge in [-0.05, 0) is 62.3 Å². The summed E-state index contributed by atoms with van der Waals surface area (Å²) in [6.07, 6.45) is 10.8. The van der Waals surface area contributed by atoms with Gasteiger partial charge in [0.25, 0.3) is 0 Å². The van der Waals surface area contributed by atoms with Gasteiger partial charge in [0.15, 0.2) is 0 Å². The molecule has 1 aliphatic carbocycles. The second kappa shape index (κ2) is 6.50. The van der Waals surface area contributed by atoms with Crippen LogP contribution >= 0.6 is 0 Å². The van der Waals surface area contributed by atoms with E-state index >= 15 is 0 Å². The molecule has 1 aliphatic heterocycles. The first kappa shape index (κ1) is 16.9. The summed E-state index contributed by atoms with van der Waals surface area (Å²) in [5.41, 5.74) is 1.00. The third-order valence-corrected chi connectivity index (χ3v) is 5.64. The first-order valence-corrected chi connectivity index (χ1v) is 8.82. The molecule has 0 unspecified atom stereocenters. The molecule has 3 rings (SSSR count). The van der Waals surface area contributed by atoms with Crippen molar-refractivity contribution in [2.45, 2.75) is 57.6 Å². The number of rotatable bonds is 4. The third kappa shape index (κ3) is 3.58. The number of hydrogen-bond acceptors (Lipinski definition) is 3. The summed E-state index contributed by atoms with van der Waals surface area (Å²) < 4.78 is 6.18. The van der Waals surface area contributed by atoms with Gasteiger partial charge in [-0.3, -0.25) is 4.90 Å². The molecule has 0 N–H and O–H groups in total. The number of likely N-dealkylation sites (tertiary alicyclic amines) is 1. The van der Waals surface area contributed by atoms with E-state index in [0.717, 1.165) is 37.2 Å². The molecule has 2 aliphatic rings. The van der Waals surface area contributed by atoms with Gasteiger partial charge in [0.1, 0.15) is 11.4 Å². The molecule has 3 nitrogen and oxygen atoms in total. The third-order valence-electron chi connectivity index (χ3n) is 5.64. The second-order valence-corrected chi connectivity index (χ2v) is 8.00. The minimum Gasteiger partial charge on any atom is -0.485 e. The van der Waals surface area contributed by atoms with E-state index in [1.807, 2.05) is 24.3 Å². The molecule has 24 heavy (non-hydrogen) atoms. The molecular weight excluding hydrogens is 296 g/mol. The maximum atomic E-state index is 8.97. The van der Waals surface area contributed by atoms with Crippen molar-refractivity contribution in [3.63, 3.8) is 0 Å². The van der Waals surface area contributed by atoms with Gasteiger partial charge in [-0.1, -0.05) is 12.8 Å². The van der Waals surface area contributed by atoms with Crippen LogP contribution in [-0.4, -0.2) is 29.6 Å². The van der Waals surface area contributed by atoms with Crippen molar-refractivity contribution < 1.29 is 4.74 Å². The van der Waals surface area contributed by atoms with Crippen LogP contribution in [0.2, 0.25) is 0 Å². The van der Waals surface area contributed by atoms with E-state index in [9.17, 15) is 0 Å². The average molecular weight is 322 g/mol. The van der Waals surface area contributed by atoms with E-state index in [1.165, 1.54) is 12.8 Å². The van der Waals surface area contributed by atoms with Gasteiger partial charge < -0.3 is 4.74 Å². The number of terminal acetylenes is 1. The Labute approximate surface area is 145 Å². The Morgan fingerprint density at radius 2 is 1.83 bits per heavy atom. The first-order chi connectivity index (χ1) is 11.5. The number of ether oxygens (including phenoxy) is 1. The number of hydrogen-bond donors (Lipinski definition) is 0. The topological polar surface area (TPSA) is 36.3 Å². The van der Waals surface area contributed by atoms with Crippen molar-refractivity contribution in [3.05, 3.63) is 29.8 Å². The molecule has 126 valence electrons. The molecule has 0 amide bonds. The molecule has 1 aromatic rings. The lowest BCUT2D eigenvalue weighted by Gasteiger charge is -2.53. The molecular formula is C21H26N2O. The summed E-state index contributed by atoms with van der Waals surface area (Å²) in [5.74, 6) is 3.52. The van der Waals surface area contributed by atoms with Crippen molar-refractivity contribution >= 4 is 0 Å². The SMILES string of the molecule is C#Cc1ccc(OC2(C)CN(C3CCC(C)(CC#N)CC3)C2)cc1. The summed E-state index contributed by atoms with van der Waals surface area (Å²) in [6.45, 7) is 6.39. The van der Waals surface area contributed by atoms with E-state index in [2.05, 4.69) is 30.7 Å². The van der Waals surface area contributed by atoms with Crippen molar-refractivity contribution in [2.75, 3.05) is 13.1 Å². The van der Waals surface area contributed by atoms with Gasteiger partial charge in [-0.2, -0.15) is 5.26 Å². The van der Waals surface area contributed by atoms with E-state index in [4.69, 9.17) is 16.4 Å². The quantitative estimate of drug-likeness (QED) is 0.787. The van der Waals surface area contributed by atoms with Gasteiger partial charge >= 0.3 is 0 Å². The Kier molecular flexibility index (Phi) is 4.57. The Morgan fingerprint density at radius 3 is 2.38 bits per heavy atom. The fourth-order valence-corrected chi connectivity index (χ4v) is 4.07. The molecule has 0 aromatic heterocycles. The molecule has 1 saturated heterocycles. The lowest BCUT2D eigenvalue weighted by molar-refractivity contribution is -0.0946. The molecule has 1 saturated carbocycles. The lowest BCUT2D eigenvalue weighted by Crippen LogP contribution is -2.66. The zero-order chi connectivity index (χ0) is 17.2. The van der Waals surface area contributed by atoms with Crippen LogP contribution in [0.25, 0.3) is 0 Å². The largest absolute Gasteiger partial charge is 0.485 e. The minimum atomic E-state index is -0.106. The highest BCUT2D eigenvalue weighted by molar-refractivity contribution is 5.37. The highest BCUT2D eigenvalue weighted by atomic mass is 16.5. The van der Waals surface area contributed by atoms with Gasteiger partial charge in [-0.25, -0.2) is 0 Å². The second-order valence-electron chi connectivity index (χ2n) is 8.00. The highest BCUT2D eigenvalue weighted by Crippen LogP contribution is 2.42. The molecule has 0 spiro atoms. The monoisotopic (exact) mass is 322 g/mol. The Bertz CT molecular complexity index is 651. The Balaban J connectivity index is 1.50. The van der Waals surface area contributed by atoms with Crippen molar-refractivity contribution in [1.29, 1.82) is 5.26 Å². The van der Waals surface area contributed by atoms with Gasteiger partial charge in [0, 0.05) is 31.1 Å². The average Bonchev–Trinajstić information content (AvgIpc) is 2.54. The molecule has 0 radical (unpaired) electrons. The van der Waals surface area contributed by atoms with Crippen LogP contribution in [0.4, 0.5) is 0 Å². The molecule has 1 aromatic carbocycles. The zero-order valence-corrected chi connectivity index (χ0v) is 14.7. The van der Waals surface area contributed by atoms with Crippen molar-refractivity contribution in [1.82, 2.24) is 4.90 Å². The number of nitrogens with zero attached hydrogens (tertiary/aromatic N) is 2. The predicted octanol–water partition coefficient (Wildman–Crippen LogP) is 3.98. The molecule has 2 fully saturated rings. The highest BCUT2D eigenvalue weighted by Gasteiger charge is 2.45. The maximum absolute atomic E-state index is 8.97. The van der Waals surface area contributed by atoms with Crippen LogP contribution in [0.1, 0.15) is 51.5 Å². The van der Waals surface area contributed by atoms with E-state index in [-0.39, 0.29) is 11.0 Å². The fraction of sp³-hybridized carbons (Fsp3) is 0.571. The lowest BCUT2D eigenvalue weighted by atomic mass is 9.71. The van der Waals surface area contributed by atoms with Gasteiger partial charge in [0.05, 0.1) is 6.07 Å². The van der Waals surface area contributed by atoms with E-state index in [1.54, 1.807) is 0 Å². The maximum Gasteiger partial charge on any atom is 0.131 e. The van der Waals surface area contributed by atoms with Gasteiger partial charge in [-0.15, -0.1) is 6.42 Å². The minimum absolute atomic E-state index is 0.106.